The highest BCUT2D eigenvalue weighted by Gasteiger charge is 2.08. The molecule has 0 unspecified atom stereocenters. The van der Waals surface area contributed by atoms with Gasteiger partial charge in [-0.1, -0.05) is 11.8 Å². The molecule has 7 heteroatoms. The normalized spacial score (nSPS) is 10.5. The lowest BCUT2D eigenvalue weighted by atomic mass is 10.2. The van der Waals surface area contributed by atoms with Crippen molar-refractivity contribution in [2.45, 2.75) is 5.16 Å². The number of benzene rings is 2. The van der Waals surface area contributed by atoms with E-state index in [0.29, 0.717) is 10.8 Å². The number of methoxy groups -OCH3 is 1. The minimum Gasteiger partial charge on any atom is -0.497 e. The first kappa shape index (κ1) is 17.0. The van der Waals surface area contributed by atoms with Crippen LogP contribution in [0.25, 0.3) is 11.3 Å². The Balaban J connectivity index is 1.54. The first-order valence-corrected chi connectivity index (χ1v) is 8.50. The number of halogens is 1. The standard InChI is InChI=1S/C18H16FN3O2S/c1-24-15-8-6-14(7-9-15)21-17(23)11-25-18-20-10-16(22-18)12-2-4-13(19)5-3-12/h2-10H,11H2,1H3,(H,20,22)(H,21,23). The Kier molecular flexibility index (Phi) is 5.35. The number of nitrogens with zero attached hydrogens (tertiary/aromatic N) is 1. The fourth-order valence-corrected chi connectivity index (χ4v) is 2.81. The summed E-state index contributed by atoms with van der Waals surface area (Å²) in [6.45, 7) is 0. The van der Waals surface area contributed by atoms with Crippen molar-refractivity contribution in [3.05, 3.63) is 60.5 Å². The summed E-state index contributed by atoms with van der Waals surface area (Å²) < 4.78 is 18.0. The Bertz CT molecular complexity index is 848. The lowest BCUT2D eigenvalue weighted by Gasteiger charge is -2.05. The molecule has 0 spiro atoms. The van der Waals surface area contributed by atoms with Crippen LogP contribution in [0.2, 0.25) is 0 Å². The second kappa shape index (κ2) is 7.85. The maximum atomic E-state index is 13.0. The van der Waals surface area contributed by atoms with Gasteiger partial charge < -0.3 is 15.0 Å². The summed E-state index contributed by atoms with van der Waals surface area (Å²) in [6.07, 6.45) is 1.66. The molecular formula is C18H16FN3O2S. The summed E-state index contributed by atoms with van der Waals surface area (Å²) in [7, 11) is 1.59. The number of aromatic amines is 1. The van der Waals surface area contributed by atoms with E-state index in [1.165, 1.54) is 23.9 Å². The number of hydrogen-bond donors (Lipinski definition) is 2. The highest BCUT2D eigenvalue weighted by molar-refractivity contribution is 7.99. The van der Waals surface area contributed by atoms with Gasteiger partial charge in [0, 0.05) is 5.69 Å². The molecule has 0 atom stereocenters. The number of aromatic nitrogens is 2. The first-order chi connectivity index (χ1) is 12.1. The monoisotopic (exact) mass is 357 g/mol. The van der Waals surface area contributed by atoms with Crippen LogP contribution in [0.3, 0.4) is 0 Å². The van der Waals surface area contributed by atoms with Crippen molar-refractivity contribution in [3.63, 3.8) is 0 Å². The van der Waals surface area contributed by atoms with Crippen LogP contribution >= 0.6 is 11.8 Å². The second-order valence-electron chi connectivity index (χ2n) is 5.17. The molecule has 3 rings (SSSR count). The van der Waals surface area contributed by atoms with Gasteiger partial charge >= 0.3 is 0 Å². The summed E-state index contributed by atoms with van der Waals surface area (Å²) in [6, 6.07) is 13.3. The maximum Gasteiger partial charge on any atom is 0.234 e. The number of rotatable bonds is 6. The van der Waals surface area contributed by atoms with Crippen molar-refractivity contribution in [1.29, 1.82) is 0 Å². The van der Waals surface area contributed by atoms with Gasteiger partial charge in [0.25, 0.3) is 0 Å². The van der Waals surface area contributed by atoms with Crippen molar-refractivity contribution in [2.75, 3.05) is 18.2 Å². The molecule has 2 N–H and O–H groups in total. The maximum absolute atomic E-state index is 13.0. The highest BCUT2D eigenvalue weighted by atomic mass is 32.2. The number of amides is 1. The third-order valence-electron chi connectivity index (χ3n) is 3.42. The molecule has 0 bridgehead atoms. The molecule has 0 saturated heterocycles. The van der Waals surface area contributed by atoms with E-state index in [9.17, 15) is 9.18 Å². The van der Waals surface area contributed by atoms with E-state index >= 15 is 0 Å². The molecule has 0 radical (unpaired) electrons. The molecule has 25 heavy (non-hydrogen) atoms. The number of imidazole rings is 1. The molecule has 2 aromatic carbocycles. The van der Waals surface area contributed by atoms with Gasteiger partial charge in [-0.3, -0.25) is 4.79 Å². The van der Waals surface area contributed by atoms with Crippen LogP contribution in [-0.2, 0) is 4.79 Å². The van der Waals surface area contributed by atoms with Crippen molar-refractivity contribution >= 4 is 23.4 Å². The predicted octanol–water partition coefficient (Wildman–Crippen LogP) is 3.96. The van der Waals surface area contributed by atoms with Crippen LogP contribution in [-0.4, -0.2) is 28.7 Å². The number of hydrogen-bond acceptors (Lipinski definition) is 4. The smallest absolute Gasteiger partial charge is 0.234 e. The van der Waals surface area contributed by atoms with Crippen molar-refractivity contribution in [2.24, 2.45) is 0 Å². The molecule has 1 aromatic heterocycles. The van der Waals surface area contributed by atoms with Crippen molar-refractivity contribution in [1.82, 2.24) is 9.97 Å². The van der Waals surface area contributed by atoms with E-state index in [4.69, 9.17) is 4.74 Å². The summed E-state index contributed by atoms with van der Waals surface area (Å²) >= 11 is 1.30. The topological polar surface area (TPSA) is 67.0 Å². The molecule has 1 heterocycles. The fourth-order valence-electron chi connectivity index (χ4n) is 2.16. The molecule has 0 saturated carbocycles. The third-order valence-corrected chi connectivity index (χ3v) is 4.31. The molecule has 128 valence electrons. The van der Waals surface area contributed by atoms with Gasteiger partial charge in [-0.15, -0.1) is 0 Å². The van der Waals surface area contributed by atoms with Crippen molar-refractivity contribution in [3.8, 4) is 17.0 Å². The zero-order chi connectivity index (χ0) is 17.6. The summed E-state index contributed by atoms with van der Waals surface area (Å²) in [5.41, 5.74) is 2.32. The first-order valence-electron chi connectivity index (χ1n) is 7.52. The van der Waals surface area contributed by atoms with Gasteiger partial charge in [0.2, 0.25) is 5.91 Å². The number of thioether (sulfide) groups is 1. The number of nitrogens with one attached hydrogen (secondary N) is 2. The number of carbonyl (C=O) groups is 1. The lowest BCUT2D eigenvalue weighted by molar-refractivity contribution is -0.113. The molecule has 5 nitrogen and oxygen atoms in total. The number of carbonyl (C=O) groups excluding carboxylic acids is 1. The van der Waals surface area contributed by atoms with Gasteiger partial charge in [-0.25, -0.2) is 9.37 Å². The molecule has 1 amide bonds. The summed E-state index contributed by atoms with van der Waals surface area (Å²) in [5, 5.41) is 3.44. The Morgan fingerprint density at radius 2 is 1.92 bits per heavy atom. The number of ether oxygens (including phenoxy) is 1. The van der Waals surface area contributed by atoms with Gasteiger partial charge in [0.05, 0.1) is 24.8 Å². The quantitative estimate of drug-likeness (QED) is 0.656. The van der Waals surface area contributed by atoms with Crippen LogP contribution in [0.4, 0.5) is 10.1 Å². The fraction of sp³-hybridized carbons (Fsp3) is 0.111. The zero-order valence-electron chi connectivity index (χ0n) is 13.5. The van der Waals surface area contributed by atoms with E-state index < -0.39 is 0 Å². The SMILES string of the molecule is COc1ccc(NC(=O)CSc2ncc(-c3ccc(F)cc3)[nH]2)cc1. The minimum atomic E-state index is -0.284. The summed E-state index contributed by atoms with van der Waals surface area (Å²) in [4.78, 5) is 19.4. The molecule has 3 aromatic rings. The Labute approximate surface area is 148 Å². The highest BCUT2D eigenvalue weighted by Crippen LogP contribution is 2.22. The number of H-pyrrole nitrogens is 1. The van der Waals surface area contributed by atoms with Crippen LogP contribution in [0.15, 0.2) is 59.9 Å². The Morgan fingerprint density at radius 3 is 2.60 bits per heavy atom. The molecular weight excluding hydrogens is 341 g/mol. The van der Waals surface area contributed by atoms with Gasteiger partial charge in [-0.05, 0) is 54.1 Å². The minimum absolute atomic E-state index is 0.130. The largest absolute Gasteiger partial charge is 0.497 e. The predicted molar refractivity (Wildman–Crippen MR) is 96.3 cm³/mol. The van der Waals surface area contributed by atoms with E-state index in [2.05, 4.69) is 15.3 Å². The lowest BCUT2D eigenvalue weighted by Crippen LogP contribution is -2.14. The van der Waals surface area contributed by atoms with Gasteiger partial charge in [0.15, 0.2) is 5.16 Å². The molecule has 0 aliphatic carbocycles. The third kappa shape index (κ3) is 4.60. The average Bonchev–Trinajstić information content (AvgIpc) is 3.10. The van der Waals surface area contributed by atoms with E-state index in [1.807, 2.05) is 0 Å². The molecule has 0 aliphatic rings. The van der Waals surface area contributed by atoms with E-state index in [-0.39, 0.29) is 17.5 Å². The average molecular weight is 357 g/mol. The van der Waals surface area contributed by atoms with E-state index in [0.717, 1.165) is 17.0 Å². The van der Waals surface area contributed by atoms with Crippen molar-refractivity contribution < 1.29 is 13.9 Å². The molecule has 0 fully saturated rings. The number of anilines is 1. The van der Waals surface area contributed by atoms with Crippen LogP contribution in [0.5, 0.6) is 5.75 Å². The van der Waals surface area contributed by atoms with E-state index in [1.54, 1.807) is 49.7 Å². The molecule has 0 aliphatic heterocycles. The van der Waals surface area contributed by atoms with Crippen LogP contribution in [0, 0.1) is 5.82 Å². The second-order valence-corrected chi connectivity index (χ2v) is 6.14. The van der Waals surface area contributed by atoms with Crippen LogP contribution < -0.4 is 10.1 Å². The van der Waals surface area contributed by atoms with Gasteiger partial charge in [-0.2, -0.15) is 0 Å². The summed E-state index contributed by atoms with van der Waals surface area (Å²) in [5.74, 6) is 0.543. The Morgan fingerprint density at radius 1 is 1.20 bits per heavy atom. The Hall–Kier alpha value is -2.80. The van der Waals surface area contributed by atoms with Crippen LogP contribution in [0.1, 0.15) is 0 Å². The zero-order valence-corrected chi connectivity index (χ0v) is 14.3. The van der Waals surface area contributed by atoms with Gasteiger partial charge in [0.1, 0.15) is 11.6 Å².